The van der Waals surface area contributed by atoms with Crippen molar-refractivity contribution < 1.29 is 4.79 Å². The summed E-state index contributed by atoms with van der Waals surface area (Å²) in [6.45, 7) is 3.30. The van der Waals surface area contributed by atoms with E-state index < -0.39 is 0 Å². The average Bonchev–Trinajstić information content (AvgIpc) is 3.23. The molecule has 0 bridgehead atoms. The van der Waals surface area contributed by atoms with Gasteiger partial charge in [-0.2, -0.15) is 0 Å². The lowest BCUT2D eigenvalue weighted by Gasteiger charge is -2.36. The zero-order chi connectivity index (χ0) is 20.5. The van der Waals surface area contributed by atoms with Crippen molar-refractivity contribution in [1.29, 1.82) is 0 Å². The second-order valence-electron chi connectivity index (χ2n) is 8.11. The maximum absolute atomic E-state index is 12.9. The van der Waals surface area contributed by atoms with Crippen LogP contribution in [0.3, 0.4) is 0 Å². The Balaban J connectivity index is 1.33. The lowest BCUT2D eigenvalue weighted by Crippen LogP contribution is -2.48. The summed E-state index contributed by atoms with van der Waals surface area (Å²) >= 11 is 0. The number of fused-ring (bicyclic) bond motifs is 1. The van der Waals surface area contributed by atoms with Crippen molar-refractivity contribution >= 4 is 5.91 Å². The Morgan fingerprint density at radius 3 is 2.47 bits per heavy atom. The number of amides is 1. The van der Waals surface area contributed by atoms with Crippen LogP contribution in [0.1, 0.15) is 34.2 Å². The number of likely N-dealkylation sites (tertiary alicyclic amines) is 1. The zero-order valence-electron chi connectivity index (χ0n) is 17.0. The summed E-state index contributed by atoms with van der Waals surface area (Å²) in [6, 6.07) is 19.6. The fourth-order valence-electron chi connectivity index (χ4n) is 4.50. The molecule has 6 nitrogen and oxygen atoms in total. The molecule has 2 fully saturated rings. The highest BCUT2D eigenvalue weighted by molar-refractivity contribution is 5.92. The van der Waals surface area contributed by atoms with Gasteiger partial charge >= 0.3 is 0 Å². The number of nitrogens with zero attached hydrogens (tertiary/aromatic N) is 3. The van der Waals surface area contributed by atoms with Crippen molar-refractivity contribution in [2.45, 2.75) is 25.4 Å². The third kappa shape index (κ3) is 3.60. The maximum atomic E-state index is 12.9. The van der Waals surface area contributed by atoms with Gasteiger partial charge in [-0.05, 0) is 30.0 Å². The first kappa shape index (κ1) is 18.9. The Morgan fingerprint density at radius 2 is 1.73 bits per heavy atom. The van der Waals surface area contributed by atoms with Crippen LogP contribution in [0.4, 0.5) is 0 Å². The van der Waals surface area contributed by atoms with Crippen molar-refractivity contribution in [3.8, 4) is 11.1 Å². The molecular formula is C24H25N5O. The van der Waals surface area contributed by atoms with Gasteiger partial charge in [0.1, 0.15) is 5.69 Å². The summed E-state index contributed by atoms with van der Waals surface area (Å²) in [5.74, 6) is 0.273. The molecule has 6 heteroatoms. The van der Waals surface area contributed by atoms with Gasteiger partial charge in [-0.3, -0.25) is 15.2 Å². The van der Waals surface area contributed by atoms with Gasteiger partial charge in [0.2, 0.25) is 0 Å². The Hall–Kier alpha value is -3.09. The minimum atomic E-state index is -0.0361. The number of benzene rings is 2. The maximum Gasteiger partial charge on any atom is 0.274 e. The molecule has 0 aliphatic carbocycles. The number of piperidine rings is 1. The quantitative estimate of drug-likeness (QED) is 0.708. The number of hydrogen-bond acceptors (Lipinski definition) is 5. The van der Waals surface area contributed by atoms with Gasteiger partial charge < -0.3 is 4.90 Å². The van der Waals surface area contributed by atoms with Gasteiger partial charge in [0.25, 0.3) is 5.91 Å². The summed E-state index contributed by atoms with van der Waals surface area (Å²) in [5, 5.41) is 0. The molecule has 2 N–H and O–H groups in total. The van der Waals surface area contributed by atoms with E-state index in [1.807, 2.05) is 17.9 Å². The monoisotopic (exact) mass is 399 g/mol. The van der Waals surface area contributed by atoms with Gasteiger partial charge in [-0.15, -0.1) is 0 Å². The Kier molecular flexibility index (Phi) is 5.02. The first-order chi connectivity index (χ1) is 14.7. The second-order valence-corrected chi connectivity index (χ2v) is 8.11. The predicted molar refractivity (Wildman–Crippen MR) is 115 cm³/mol. The second kappa shape index (κ2) is 7.97. The summed E-state index contributed by atoms with van der Waals surface area (Å²) < 4.78 is 0. The molecule has 3 heterocycles. The van der Waals surface area contributed by atoms with Gasteiger partial charge in [-0.25, -0.2) is 10.4 Å². The van der Waals surface area contributed by atoms with Crippen molar-refractivity contribution in [2.75, 3.05) is 13.1 Å². The van der Waals surface area contributed by atoms with Crippen LogP contribution in [0.5, 0.6) is 0 Å². The number of carbonyl (C=O) groups excluding carboxylic acids is 1. The predicted octanol–water partition coefficient (Wildman–Crippen LogP) is 3.13. The zero-order valence-corrected chi connectivity index (χ0v) is 17.0. The van der Waals surface area contributed by atoms with E-state index in [1.54, 1.807) is 12.4 Å². The molecule has 152 valence electrons. The summed E-state index contributed by atoms with van der Waals surface area (Å²) in [6.07, 6.45) is 4.14. The van der Waals surface area contributed by atoms with Crippen LogP contribution in [0.25, 0.3) is 11.1 Å². The van der Waals surface area contributed by atoms with Gasteiger partial charge in [-0.1, -0.05) is 54.6 Å². The van der Waals surface area contributed by atoms with Gasteiger partial charge in [0.05, 0.1) is 17.9 Å². The summed E-state index contributed by atoms with van der Waals surface area (Å²) in [5.41, 5.74) is 11.8. The summed E-state index contributed by atoms with van der Waals surface area (Å²) in [7, 11) is 0. The fraction of sp³-hybridized carbons (Fsp3) is 0.292. The molecule has 0 radical (unpaired) electrons. The molecule has 2 saturated heterocycles. The third-order valence-electron chi connectivity index (χ3n) is 6.17. The number of hydrazine groups is 1. The molecule has 1 aromatic heterocycles. The lowest BCUT2D eigenvalue weighted by atomic mass is 9.84. The Morgan fingerprint density at radius 1 is 0.967 bits per heavy atom. The van der Waals surface area contributed by atoms with Crippen LogP contribution in [-0.2, 0) is 0 Å². The van der Waals surface area contributed by atoms with Gasteiger partial charge in [0.15, 0.2) is 0 Å². The van der Waals surface area contributed by atoms with Crippen LogP contribution >= 0.6 is 0 Å². The van der Waals surface area contributed by atoms with E-state index in [1.165, 1.54) is 16.7 Å². The number of carbonyl (C=O) groups is 1. The topological polar surface area (TPSA) is 70.2 Å². The molecule has 0 saturated carbocycles. The van der Waals surface area contributed by atoms with Crippen LogP contribution < -0.4 is 10.9 Å². The van der Waals surface area contributed by atoms with E-state index in [2.05, 4.69) is 69.4 Å². The molecule has 2 aliphatic heterocycles. The Bertz CT molecular complexity index is 1020. The number of hydrogen-bond donors (Lipinski definition) is 2. The highest BCUT2D eigenvalue weighted by Gasteiger charge is 2.41. The number of aryl methyl sites for hydroxylation is 1. The van der Waals surface area contributed by atoms with Gasteiger partial charge in [0, 0.05) is 31.2 Å². The third-order valence-corrected chi connectivity index (χ3v) is 6.17. The minimum absolute atomic E-state index is 0.0361. The first-order valence-corrected chi connectivity index (χ1v) is 10.4. The SMILES string of the molecule is Cc1cnc(C(=O)N2CCC3NNC(c4ccc(-c5ccccc5)cc4)C3C2)cn1. The molecule has 0 spiro atoms. The van der Waals surface area contributed by atoms with Crippen LogP contribution in [0.2, 0.25) is 0 Å². The standard InChI is InChI=1S/C24H25N5O/c1-16-13-26-22(14-25-16)24(30)29-12-11-21-20(15-29)23(28-27-21)19-9-7-18(8-10-19)17-5-3-2-4-6-17/h2-10,13-14,20-21,23,27-28H,11-12,15H2,1H3. The van der Waals surface area contributed by atoms with E-state index in [0.29, 0.717) is 24.2 Å². The van der Waals surface area contributed by atoms with Crippen LogP contribution in [0.15, 0.2) is 67.0 Å². The number of nitrogens with one attached hydrogen (secondary N) is 2. The molecule has 5 rings (SSSR count). The van der Waals surface area contributed by atoms with Crippen molar-refractivity contribution in [1.82, 2.24) is 25.7 Å². The molecule has 30 heavy (non-hydrogen) atoms. The van der Waals surface area contributed by atoms with Crippen molar-refractivity contribution in [3.05, 3.63) is 83.9 Å². The van der Waals surface area contributed by atoms with Crippen LogP contribution in [-0.4, -0.2) is 39.9 Å². The largest absolute Gasteiger partial charge is 0.337 e. The minimum Gasteiger partial charge on any atom is -0.337 e. The molecule has 1 amide bonds. The molecule has 3 aromatic rings. The number of aromatic nitrogens is 2. The normalized spacial score (nSPS) is 23.2. The van der Waals surface area contributed by atoms with E-state index >= 15 is 0 Å². The average molecular weight is 399 g/mol. The van der Waals surface area contributed by atoms with E-state index in [4.69, 9.17) is 0 Å². The highest BCUT2D eigenvalue weighted by atomic mass is 16.2. The van der Waals surface area contributed by atoms with Crippen LogP contribution in [0, 0.1) is 12.8 Å². The van der Waals surface area contributed by atoms with Crippen molar-refractivity contribution in [3.63, 3.8) is 0 Å². The summed E-state index contributed by atoms with van der Waals surface area (Å²) in [4.78, 5) is 23.3. The Labute approximate surface area is 176 Å². The van der Waals surface area contributed by atoms with E-state index in [-0.39, 0.29) is 11.9 Å². The fourth-order valence-corrected chi connectivity index (χ4v) is 4.50. The molecular weight excluding hydrogens is 374 g/mol. The molecule has 3 atom stereocenters. The van der Waals surface area contributed by atoms with E-state index in [9.17, 15) is 4.79 Å². The first-order valence-electron chi connectivity index (χ1n) is 10.4. The molecule has 3 unspecified atom stereocenters. The lowest BCUT2D eigenvalue weighted by molar-refractivity contribution is 0.0646. The molecule has 2 aliphatic rings. The van der Waals surface area contributed by atoms with Crippen molar-refractivity contribution in [2.24, 2.45) is 5.92 Å². The van der Waals surface area contributed by atoms with E-state index in [0.717, 1.165) is 18.7 Å². The smallest absolute Gasteiger partial charge is 0.274 e. The highest BCUT2D eigenvalue weighted by Crippen LogP contribution is 2.34. The number of rotatable bonds is 3. The molecule has 2 aromatic carbocycles.